The van der Waals surface area contributed by atoms with E-state index in [0.717, 1.165) is 29.9 Å². The number of pyridine rings is 1. The lowest BCUT2D eigenvalue weighted by Gasteiger charge is -2.22. The quantitative estimate of drug-likeness (QED) is 0.785. The summed E-state index contributed by atoms with van der Waals surface area (Å²) in [6.45, 7) is 1.80. The lowest BCUT2D eigenvalue weighted by atomic mass is 10.1. The van der Waals surface area contributed by atoms with Gasteiger partial charge in [0, 0.05) is 42.1 Å². The minimum absolute atomic E-state index is 0.194. The average molecular weight is 329 g/mol. The molecule has 0 unspecified atom stereocenters. The van der Waals surface area contributed by atoms with Gasteiger partial charge in [-0.15, -0.1) is 0 Å². The van der Waals surface area contributed by atoms with Crippen LogP contribution in [0.2, 0.25) is 0 Å². The van der Waals surface area contributed by atoms with Gasteiger partial charge in [0.2, 0.25) is 5.91 Å². The number of aromatic nitrogens is 1. The first-order valence-corrected chi connectivity index (χ1v) is 8.77. The lowest BCUT2D eigenvalue weighted by molar-refractivity contribution is -0.119. The first-order valence-electron chi connectivity index (χ1n) is 8.77. The molecule has 3 aromatic rings. The summed E-state index contributed by atoms with van der Waals surface area (Å²) in [5.41, 5.74) is 4.35. The number of fused-ring (bicyclic) bond motifs is 2. The molecule has 2 aliphatic heterocycles. The van der Waals surface area contributed by atoms with Crippen LogP contribution in [-0.4, -0.2) is 30.0 Å². The van der Waals surface area contributed by atoms with Crippen LogP contribution in [0.5, 0.6) is 0 Å². The molecule has 2 aromatic carbocycles. The third-order valence-corrected chi connectivity index (χ3v) is 5.34. The minimum atomic E-state index is 0.194. The molecule has 2 atom stereocenters. The molecule has 0 aliphatic carbocycles. The molecule has 0 radical (unpaired) electrons. The summed E-state index contributed by atoms with van der Waals surface area (Å²) in [6.07, 6.45) is 0.649. The summed E-state index contributed by atoms with van der Waals surface area (Å²) in [5, 5.41) is 4.29. The third kappa shape index (κ3) is 2.45. The molecular weight excluding hydrogens is 310 g/mol. The molecule has 5 rings (SSSR count). The van der Waals surface area contributed by atoms with Gasteiger partial charge in [-0.3, -0.25) is 4.79 Å². The van der Waals surface area contributed by atoms with Crippen molar-refractivity contribution in [3.8, 4) is 11.3 Å². The smallest absolute Gasteiger partial charge is 0.220 e. The highest BCUT2D eigenvalue weighted by Gasteiger charge is 2.40. The van der Waals surface area contributed by atoms with E-state index >= 15 is 0 Å². The number of hydrogen-bond donors (Lipinski definition) is 1. The van der Waals surface area contributed by atoms with Gasteiger partial charge in [0.1, 0.15) is 0 Å². The Balaban J connectivity index is 1.61. The van der Waals surface area contributed by atoms with Crippen LogP contribution >= 0.6 is 0 Å². The van der Waals surface area contributed by atoms with Gasteiger partial charge in [0.15, 0.2) is 0 Å². The summed E-state index contributed by atoms with van der Waals surface area (Å²) < 4.78 is 0. The number of nitrogens with zero attached hydrogens (tertiary/aromatic N) is 2. The fourth-order valence-corrected chi connectivity index (χ4v) is 4.12. The van der Waals surface area contributed by atoms with Gasteiger partial charge in [0.25, 0.3) is 0 Å². The van der Waals surface area contributed by atoms with Crippen LogP contribution < -0.4 is 10.2 Å². The molecule has 1 aromatic heterocycles. The Hall–Kier alpha value is -2.88. The van der Waals surface area contributed by atoms with Gasteiger partial charge in [-0.1, -0.05) is 48.5 Å². The van der Waals surface area contributed by atoms with Crippen LogP contribution in [0.4, 0.5) is 5.69 Å². The highest BCUT2D eigenvalue weighted by Crippen LogP contribution is 2.35. The van der Waals surface area contributed by atoms with Crippen molar-refractivity contribution >= 4 is 22.5 Å². The van der Waals surface area contributed by atoms with Crippen LogP contribution in [0.15, 0.2) is 60.7 Å². The van der Waals surface area contributed by atoms with Crippen molar-refractivity contribution in [2.24, 2.45) is 5.92 Å². The van der Waals surface area contributed by atoms with E-state index in [4.69, 9.17) is 4.98 Å². The van der Waals surface area contributed by atoms with E-state index in [-0.39, 0.29) is 11.9 Å². The Kier molecular flexibility index (Phi) is 3.23. The molecule has 1 N–H and O–H groups in total. The fourth-order valence-electron chi connectivity index (χ4n) is 4.12. The molecule has 1 amide bonds. The van der Waals surface area contributed by atoms with Gasteiger partial charge in [-0.2, -0.15) is 0 Å². The number of hydrogen-bond acceptors (Lipinski definition) is 3. The van der Waals surface area contributed by atoms with Crippen molar-refractivity contribution in [1.29, 1.82) is 0 Å². The van der Waals surface area contributed by atoms with Crippen LogP contribution in [0.3, 0.4) is 0 Å². The molecule has 2 saturated heterocycles. The molecule has 0 saturated carbocycles. The highest BCUT2D eigenvalue weighted by atomic mass is 16.2. The monoisotopic (exact) mass is 329 g/mol. The van der Waals surface area contributed by atoms with Crippen LogP contribution in [0.25, 0.3) is 22.2 Å². The zero-order chi connectivity index (χ0) is 16.8. The minimum Gasteiger partial charge on any atom is -0.368 e. The fraction of sp³-hybridized carbons (Fsp3) is 0.238. The SMILES string of the molecule is O=C1C[C@H]2CN(c3cc(-c4ccccc4)nc4ccccc34)C[C@H]2N1. The maximum atomic E-state index is 11.6. The topological polar surface area (TPSA) is 45.2 Å². The number of carbonyl (C=O) groups is 1. The third-order valence-electron chi connectivity index (χ3n) is 5.34. The zero-order valence-corrected chi connectivity index (χ0v) is 13.9. The van der Waals surface area contributed by atoms with Crippen LogP contribution in [-0.2, 0) is 4.79 Å². The number of benzene rings is 2. The number of nitrogens with one attached hydrogen (secondary N) is 1. The van der Waals surface area contributed by atoms with E-state index in [1.54, 1.807) is 0 Å². The zero-order valence-electron chi connectivity index (χ0n) is 13.9. The van der Waals surface area contributed by atoms with E-state index in [9.17, 15) is 4.79 Å². The van der Waals surface area contributed by atoms with Crippen LogP contribution in [0, 0.1) is 5.92 Å². The molecule has 0 spiro atoms. The van der Waals surface area contributed by atoms with Crippen molar-refractivity contribution in [3.63, 3.8) is 0 Å². The van der Waals surface area contributed by atoms with Crippen molar-refractivity contribution < 1.29 is 4.79 Å². The van der Waals surface area contributed by atoms with Crippen molar-refractivity contribution in [3.05, 3.63) is 60.7 Å². The largest absolute Gasteiger partial charge is 0.368 e. The molecule has 124 valence electrons. The number of anilines is 1. The second-order valence-corrected chi connectivity index (χ2v) is 6.95. The number of para-hydroxylation sites is 1. The Morgan fingerprint density at radius 2 is 1.80 bits per heavy atom. The van der Waals surface area contributed by atoms with Gasteiger partial charge in [-0.25, -0.2) is 4.98 Å². The van der Waals surface area contributed by atoms with Crippen molar-refractivity contribution in [2.45, 2.75) is 12.5 Å². The molecule has 2 aliphatic rings. The van der Waals surface area contributed by atoms with Gasteiger partial charge >= 0.3 is 0 Å². The van der Waals surface area contributed by atoms with E-state index < -0.39 is 0 Å². The summed E-state index contributed by atoms with van der Waals surface area (Å²) >= 11 is 0. The Morgan fingerprint density at radius 3 is 2.64 bits per heavy atom. The second-order valence-electron chi connectivity index (χ2n) is 6.95. The average Bonchev–Trinajstić information content (AvgIpc) is 3.19. The molecule has 25 heavy (non-hydrogen) atoms. The molecule has 2 fully saturated rings. The number of rotatable bonds is 2. The van der Waals surface area contributed by atoms with Gasteiger partial charge in [0.05, 0.1) is 17.3 Å². The maximum absolute atomic E-state index is 11.6. The highest BCUT2D eigenvalue weighted by molar-refractivity contribution is 5.94. The predicted molar refractivity (Wildman–Crippen MR) is 99.4 cm³/mol. The van der Waals surface area contributed by atoms with Crippen LogP contribution in [0.1, 0.15) is 6.42 Å². The van der Waals surface area contributed by atoms with E-state index in [0.29, 0.717) is 12.3 Å². The Labute approximate surface area is 146 Å². The van der Waals surface area contributed by atoms with E-state index in [1.807, 2.05) is 24.3 Å². The molecule has 0 bridgehead atoms. The predicted octanol–water partition coefficient (Wildman–Crippen LogP) is 3.23. The lowest BCUT2D eigenvalue weighted by Crippen LogP contribution is -2.32. The van der Waals surface area contributed by atoms with Gasteiger partial charge < -0.3 is 10.2 Å². The summed E-state index contributed by atoms with van der Waals surface area (Å²) in [4.78, 5) is 18.9. The first kappa shape index (κ1) is 14.5. The molecule has 3 heterocycles. The summed E-state index contributed by atoms with van der Waals surface area (Å²) in [6, 6.07) is 21.1. The van der Waals surface area contributed by atoms with E-state index in [2.05, 4.69) is 46.6 Å². The normalized spacial score (nSPS) is 22.2. The first-order chi connectivity index (χ1) is 12.3. The Morgan fingerprint density at radius 1 is 1.00 bits per heavy atom. The van der Waals surface area contributed by atoms with Crippen molar-refractivity contribution in [1.82, 2.24) is 10.3 Å². The molecule has 4 nitrogen and oxygen atoms in total. The second kappa shape index (κ2) is 5.59. The number of carbonyl (C=O) groups excluding carboxylic acids is 1. The molecular formula is C21H19N3O. The standard InChI is InChI=1S/C21H19N3O/c25-21-10-15-12-24(13-19(15)23-21)20-11-18(14-6-2-1-3-7-14)22-17-9-5-4-8-16(17)20/h1-9,11,15,19H,10,12-13H2,(H,23,25)/t15-,19+/m0/s1. The Bertz CT molecular complexity index is 938. The van der Waals surface area contributed by atoms with E-state index in [1.165, 1.54) is 11.1 Å². The summed E-state index contributed by atoms with van der Waals surface area (Å²) in [5.74, 6) is 0.610. The molecule has 4 heteroatoms. The van der Waals surface area contributed by atoms with Crippen molar-refractivity contribution in [2.75, 3.05) is 18.0 Å². The van der Waals surface area contributed by atoms with Gasteiger partial charge in [-0.05, 0) is 12.1 Å². The maximum Gasteiger partial charge on any atom is 0.220 e. The number of amides is 1. The summed E-state index contributed by atoms with van der Waals surface area (Å²) in [7, 11) is 0.